The Morgan fingerprint density at radius 2 is 1.88 bits per heavy atom. The number of carbonyl (C=O) groups is 3. The first-order valence-electron chi connectivity index (χ1n) is 5.14. The van der Waals surface area contributed by atoms with Crippen LogP contribution in [0.1, 0.15) is 12.5 Å². The number of hydrogen-bond donors (Lipinski definition) is 0. The zero-order valence-corrected chi connectivity index (χ0v) is 9.50. The molecular weight excluding hydrogens is 218 g/mol. The molecule has 0 bridgehead atoms. The van der Waals surface area contributed by atoms with Gasteiger partial charge in [-0.05, 0) is 11.6 Å². The molecule has 0 saturated heterocycles. The molecule has 0 aliphatic carbocycles. The second-order valence-electron chi connectivity index (χ2n) is 3.38. The smallest absolute Gasteiger partial charge is 0.253 e. The van der Waals surface area contributed by atoms with Crippen LogP contribution < -0.4 is 0 Å². The molecular formula is C13H13NO3. The Hall–Kier alpha value is -2.23. The van der Waals surface area contributed by atoms with Crippen LogP contribution in [0.2, 0.25) is 0 Å². The Kier molecular flexibility index (Phi) is 4.81. The predicted octanol–water partition coefficient (Wildman–Crippen LogP) is 1.27. The van der Waals surface area contributed by atoms with Crippen LogP contribution in [0.4, 0.5) is 0 Å². The molecule has 1 aromatic rings. The molecule has 0 aliphatic rings. The summed E-state index contributed by atoms with van der Waals surface area (Å²) in [6, 6.07) is 9.23. The Morgan fingerprint density at radius 3 is 2.41 bits per heavy atom. The lowest BCUT2D eigenvalue weighted by Gasteiger charge is -2.13. The van der Waals surface area contributed by atoms with Gasteiger partial charge in [-0.2, -0.15) is 0 Å². The van der Waals surface area contributed by atoms with Crippen LogP contribution in [0.5, 0.6) is 0 Å². The number of aldehydes is 1. The van der Waals surface area contributed by atoms with Crippen molar-refractivity contribution < 1.29 is 14.4 Å². The average molecular weight is 231 g/mol. The Morgan fingerprint density at radius 1 is 1.24 bits per heavy atom. The topological polar surface area (TPSA) is 54.5 Å². The van der Waals surface area contributed by atoms with Gasteiger partial charge < -0.3 is 4.79 Å². The summed E-state index contributed by atoms with van der Waals surface area (Å²) in [5, 5.41) is 0. The highest BCUT2D eigenvalue weighted by Gasteiger charge is 2.13. The van der Waals surface area contributed by atoms with E-state index in [1.54, 1.807) is 6.08 Å². The number of benzene rings is 1. The van der Waals surface area contributed by atoms with Crippen LogP contribution in [0, 0.1) is 0 Å². The van der Waals surface area contributed by atoms with Crippen LogP contribution in [-0.4, -0.2) is 29.5 Å². The van der Waals surface area contributed by atoms with Crippen LogP contribution in [-0.2, 0) is 14.4 Å². The van der Waals surface area contributed by atoms with E-state index in [1.807, 2.05) is 30.3 Å². The van der Waals surface area contributed by atoms with Gasteiger partial charge >= 0.3 is 0 Å². The van der Waals surface area contributed by atoms with Crippen molar-refractivity contribution in [3.05, 3.63) is 42.0 Å². The normalized spacial score (nSPS) is 10.2. The molecule has 0 spiro atoms. The molecule has 0 N–H and O–H groups in total. The molecule has 0 aliphatic heterocycles. The summed E-state index contributed by atoms with van der Waals surface area (Å²) in [7, 11) is 0. The molecule has 0 heterocycles. The van der Waals surface area contributed by atoms with Gasteiger partial charge in [0.05, 0.1) is 6.54 Å². The van der Waals surface area contributed by atoms with Crippen molar-refractivity contribution >= 4 is 24.2 Å². The van der Waals surface area contributed by atoms with Crippen molar-refractivity contribution in [3.8, 4) is 0 Å². The van der Waals surface area contributed by atoms with Gasteiger partial charge in [-0.3, -0.25) is 14.5 Å². The monoisotopic (exact) mass is 231 g/mol. The summed E-state index contributed by atoms with van der Waals surface area (Å²) in [5.74, 6) is -0.937. The maximum atomic E-state index is 11.6. The van der Waals surface area contributed by atoms with Gasteiger partial charge in [-0.15, -0.1) is 0 Å². The third kappa shape index (κ3) is 4.03. The number of imide groups is 1. The SMILES string of the molecule is CC(=O)N(CC=O)C(=O)C=Cc1ccccc1. The highest BCUT2D eigenvalue weighted by Crippen LogP contribution is 2.02. The molecule has 4 heteroatoms. The minimum atomic E-state index is -0.492. The van der Waals surface area contributed by atoms with Crippen molar-refractivity contribution in [3.63, 3.8) is 0 Å². The summed E-state index contributed by atoms with van der Waals surface area (Å²) in [6.07, 6.45) is 3.40. The second kappa shape index (κ2) is 6.37. The van der Waals surface area contributed by atoms with Crippen molar-refractivity contribution in [2.45, 2.75) is 6.92 Å². The van der Waals surface area contributed by atoms with Gasteiger partial charge in [-0.1, -0.05) is 30.3 Å². The molecule has 2 amide bonds. The lowest BCUT2D eigenvalue weighted by Crippen LogP contribution is -2.35. The number of carbonyl (C=O) groups excluding carboxylic acids is 3. The number of amides is 2. The number of rotatable bonds is 4. The molecule has 0 unspecified atom stereocenters. The largest absolute Gasteiger partial charge is 0.301 e. The predicted molar refractivity (Wildman–Crippen MR) is 63.9 cm³/mol. The number of nitrogens with zero attached hydrogens (tertiary/aromatic N) is 1. The van der Waals surface area contributed by atoms with Gasteiger partial charge in [0.1, 0.15) is 6.29 Å². The molecule has 0 radical (unpaired) electrons. The maximum Gasteiger partial charge on any atom is 0.253 e. The third-order valence-corrected chi connectivity index (χ3v) is 2.12. The molecule has 0 atom stereocenters. The van der Waals surface area contributed by atoms with Gasteiger partial charge in [0, 0.05) is 13.0 Å². The van der Waals surface area contributed by atoms with Crippen LogP contribution in [0.3, 0.4) is 0 Å². The van der Waals surface area contributed by atoms with Gasteiger partial charge in [-0.25, -0.2) is 0 Å². The maximum absolute atomic E-state index is 11.6. The Labute approximate surface area is 99.5 Å². The molecule has 1 rings (SSSR count). The van der Waals surface area contributed by atoms with E-state index in [2.05, 4.69) is 0 Å². The summed E-state index contributed by atoms with van der Waals surface area (Å²) >= 11 is 0. The highest BCUT2D eigenvalue weighted by molar-refractivity contribution is 6.03. The summed E-state index contributed by atoms with van der Waals surface area (Å²) < 4.78 is 0. The Balaban J connectivity index is 2.73. The molecule has 4 nitrogen and oxygen atoms in total. The Bertz CT molecular complexity index is 437. The fourth-order valence-corrected chi connectivity index (χ4v) is 1.27. The summed E-state index contributed by atoms with van der Waals surface area (Å²) in [5.41, 5.74) is 0.857. The average Bonchev–Trinajstić information content (AvgIpc) is 2.34. The van der Waals surface area contributed by atoms with Gasteiger partial charge in [0.2, 0.25) is 5.91 Å². The second-order valence-corrected chi connectivity index (χ2v) is 3.38. The first kappa shape index (κ1) is 12.8. The van der Waals surface area contributed by atoms with Crippen molar-refractivity contribution in [2.75, 3.05) is 6.54 Å². The van der Waals surface area contributed by atoms with Crippen LogP contribution in [0.15, 0.2) is 36.4 Å². The minimum Gasteiger partial charge on any atom is -0.301 e. The zero-order chi connectivity index (χ0) is 12.7. The molecule has 0 saturated carbocycles. The first-order valence-corrected chi connectivity index (χ1v) is 5.14. The first-order chi connectivity index (χ1) is 8.15. The van der Waals surface area contributed by atoms with E-state index >= 15 is 0 Å². The molecule has 88 valence electrons. The summed E-state index contributed by atoms with van der Waals surface area (Å²) in [4.78, 5) is 33.9. The van der Waals surface area contributed by atoms with Crippen molar-refractivity contribution in [1.29, 1.82) is 0 Å². The third-order valence-electron chi connectivity index (χ3n) is 2.12. The van der Waals surface area contributed by atoms with Crippen LogP contribution >= 0.6 is 0 Å². The quantitative estimate of drug-likeness (QED) is 0.579. The molecule has 0 fully saturated rings. The van der Waals surface area contributed by atoms with E-state index < -0.39 is 11.8 Å². The summed E-state index contributed by atoms with van der Waals surface area (Å²) in [6.45, 7) is 1.03. The van der Waals surface area contributed by atoms with E-state index in [4.69, 9.17) is 0 Å². The lowest BCUT2D eigenvalue weighted by atomic mass is 10.2. The fourth-order valence-electron chi connectivity index (χ4n) is 1.27. The fraction of sp³-hybridized carbons (Fsp3) is 0.154. The van der Waals surface area contributed by atoms with Crippen LogP contribution in [0.25, 0.3) is 6.08 Å². The van der Waals surface area contributed by atoms with Gasteiger partial charge in [0.15, 0.2) is 0 Å². The zero-order valence-electron chi connectivity index (χ0n) is 9.50. The lowest BCUT2D eigenvalue weighted by molar-refractivity contribution is -0.141. The van der Waals surface area contributed by atoms with Gasteiger partial charge in [0.25, 0.3) is 5.91 Å². The number of hydrogen-bond acceptors (Lipinski definition) is 3. The van der Waals surface area contributed by atoms with Crippen molar-refractivity contribution in [2.24, 2.45) is 0 Å². The van der Waals surface area contributed by atoms with E-state index in [1.165, 1.54) is 13.0 Å². The van der Waals surface area contributed by atoms with E-state index in [-0.39, 0.29) is 6.54 Å². The standard InChI is InChI=1S/C13H13NO3/c1-11(16)14(9-10-15)13(17)8-7-12-5-3-2-4-6-12/h2-8,10H,9H2,1H3. The van der Waals surface area contributed by atoms with E-state index in [9.17, 15) is 14.4 Å². The van der Waals surface area contributed by atoms with E-state index in [0.29, 0.717) is 6.29 Å². The highest BCUT2D eigenvalue weighted by atomic mass is 16.2. The molecule has 1 aromatic carbocycles. The van der Waals surface area contributed by atoms with E-state index in [0.717, 1.165) is 10.5 Å². The molecule has 17 heavy (non-hydrogen) atoms. The molecule has 0 aromatic heterocycles. The minimum absolute atomic E-state index is 0.215. The van der Waals surface area contributed by atoms with Crippen molar-refractivity contribution in [1.82, 2.24) is 4.90 Å².